The van der Waals surface area contributed by atoms with Crippen LogP contribution in [0.1, 0.15) is 25.7 Å². The predicted octanol–water partition coefficient (Wildman–Crippen LogP) is 0.120. The summed E-state index contributed by atoms with van der Waals surface area (Å²) in [6.45, 7) is 0.111. The number of carbonyl (C=O) groups excluding carboxylic acids is 3. The molecule has 0 aliphatic carbocycles. The molecule has 1 unspecified atom stereocenters. The Kier molecular flexibility index (Phi) is 7.00. The van der Waals surface area contributed by atoms with Crippen LogP contribution in [0, 0.1) is 0 Å². The van der Waals surface area contributed by atoms with Gasteiger partial charge in [-0.3, -0.25) is 14.4 Å². The lowest BCUT2D eigenvalue weighted by atomic mass is 10.1. The fourth-order valence-electron chi connectivity index (χ4n) is 1.97. The van der Waals surface area contributed by atoms with Gasteiger partial charge in [0.2, 0.25) is 5.91 Å². The number of ether oxygens (including phenoxy) is 3. The molecule has 1 heterocycles. The molecule has 1 fully saturated rings. The first-order valence-electron chi connectivity index (χ1n) is 6.59. The molecular weight excluding hydrogens is 266 g/mol. The van der Waals surface area contributed by atoms with E-state index in [1.54, 1.807) is 0 Å². The number of carbonyl (C=O) groups is 3. The third-order valence-corrected chi connectivity index (χ3v) is 3.12. The smallest absolute Gasteiger partial charge is 0.325 e. The molecule has 0 radical (unpaired) electrons. The van der Waals surface area contributed by atoms with E-state index in [0.29, 0.717) is 6.61 Å². The van der Waals surface area contributed by atoms with Crippen molar-refractivity contribution in [1.82, 2.24) is 4.90 Å². The van der Waals surface area contributed by atoms with Crippen molar-refractivity contribution >= 4 is 17.8 Å². The van der Waals surface area contributed by atoms with E-state index < -0.39 is 11.9 Å². The van der Waals surface area contributed by atoms with E-state index >= 15 is 0 Å². The lowest BCUT2D eigenvalue weighted by Gasteiger charge is -2.25. The fraction of sp³-hybridized carbons (Fsp3) is 0.769. The van der Waals surface area contributed by atoms with Crippen LogP contribution in [0.4, 0.5) is 0 Å². The molecule has 1 saturated heterocycles. The molecule has 7 heteroatoms. The van der Waals surface area contributed by atoms with Crippen molar-refractivity contribution in [3.8, 4) is 0 Å². The molecule has 20 heavy (non-hydrogen) atoms. The van der Waals surface area contributed by atoms with E-state index in [0.717, 1.165) is 24.2 Å². The Hall–Kier alpha value is -1.63. The van der Waals surface area contributed by atoms with Crippen LogP contribution in [0.5, 0.6) is 0 Å². The number of hydrogen-bond donors (Lipinski definition) is 0. The van der Waals surface area contributed by atoms with Gasteiger partial charge in [-0.05, 0) is 19.3 Å². The van der Waals surface area contributed by atoms with E-state index in [-0.39, 0.29) is 31.5 Å². The van der Waals surface area contributed by atoms with Crippen LogP contribution in [0.15, 0.2) is 0 Å². The van der Waals surface area contributed by atoms with Crippen molar-refractivity contribution in [2.45, 2.75) is 31.8 Å². The fourth-order valence-corrected chi connectivity index (χ4v) is 1.97. The minimum absolute atomic E-state index is 0.144. The standard InChI is InChI=1S/C13H21NO6/c1-18-12(16)8-14(9-13(17)19-2)11(15)7-10-5-3-4-6-20-10/h10H,3-9H2,1-2H3. The molecule has 1 amide bonds. The molecule has 0 aromatic carbocycles. The van der Waals surface area contributed by atoms with Gasteiger partial charge >= 0.3 is 11.9 Å². The van der Waals surface area contributed by atoms with Crippen molar-refractivity contribution in [2.24, 2.45) is 0 Å². The number of methoxy groups -OCH3 is 2. The van der Waals surface area contributed by atoms with Crippen LogP contribution >= 0.6 is 0 Å². The first kappa shape index (κ1) is 16.4. The summed E-state index contributed by atoms with van der Waals surface area (Å²) in [5.74, 6) is -1.47. The zero-order valence-electron chi connectivity index (χ0n) is 11.9. The summed E-state index contributed by atoms with van der Waals surface area (Å²) in [6, 6.07) is 0. The van der Waals surface area contributed by atoms with E-state index in [1.165, 1.54) is 14.2 Å². The Morgan fingerprint density at radius 3 is 2.15 bits per heavy atom. The highest BCUT2D eigenvalue weighted by molar-refractivity contribution is 5.86. The lowest BCUT2D eigenvalue weighted by Crippen LogP contribution is -2.42. The minimum atomic E-state index is -0.577. The number of amides is 1. The van der Waals surface area contributed by atoms with Gasteiger partial charge in [0, 0.05) is 6.61 Å². The molecule has 0 bridgehead atoms. The van der Waals surface area contributed by atoms with Crippen LogP contribution in [-0.4, -0.2) is 62.8 Å². The largest absolute Gasteiger partial charge is 0.468 e. The summed E-state index contributed by atoms with van der Waals surface area (Å²) in [7, 11) is 2.46. The molecule has 1 aliphatic rings. The van der Waals surface area contributed by atoms with Crippen LogP contribution in [-0.2, 0) is 28.6 Å². The predicted molar refractivity (Wildman–Crippen MR) is 68.8 cm³/mol. The molecule has 1 atom stereocenters. The number of esters is 2. The van der Waals surface area contributed by atoms with Crippen molar-refractivity contribution in [3.05, 3.63) is 0 Å². The maximum Gasteiger partial charge on any atom is 0.325 e. The maximum atomic E-state index is 12.1. The summed E-state index contributed by atoms with van der Waals surface area (Å²) in [5, 5.41) is 0. The van der Waals surface area contributed by atoms with E-state index in [9.17, 15) is 14.4 Å². The maximum absolute atomic E-state index is 12.1. The summed E-state index contributed by atoms with van der Waals surface area (Å²) in [4.78, 5) is 35.9. The van der Waals surface area contributed by atoms with Crippen molar-refractivity contribution in [1.29, 1.82) is 0 Å². The van der Waals surface area contributed by atoms with E-state index in [2.05, 4.69) is 9.47 Å². The first-order valence-corrected chi connectivity index (χ1v) is 6.59. The molecule has 0 aromatic heterocycles. The SMILES string of the molecule is COC(=O)CN(CC(=O)OC)C(=O)CC1CCCCO1. The summed E-state index contributed by atoms with van der Waals surface area (Å²) >= 11 is 0. The number of nitrogens with zero attached hydrogens (tertiary/aromatic N) is 1. The highest BCUT2D eigenvalue weighted by Crippen LogP contribution is 2.16. The molecule has 7 nitrogen and oxygen atoms in total. The number of rotatable bonds is 6. The minimum Gasteiger partial charge on any atom is -0.468 e. The van der Waals surface area contributed by atoms with Crippen LogP contribution in [0.3, 0.4) is 0 Å². The Balaban J connectivity index is 2.57. The van der Waals surface area contributed by atoms with Crippen molar-refractivity contribution in [3.63, 3.8) is 0 Å². The van der Waals surface area contributed by atoms with Crippen molar-refractivity contribution in [2.75, 3.05) is 33.9 Å². The van der Waals surface area contributed by atoms with Gasteiger partial charge in [-0.15, -0.1) is 0 Å². The zero-order valence-corrected chi connectivity index (χ0v) is 11.9. The van der Waals surface area contributed by atoms with Gasteiger partial charge < -0.3 is 19.1 Å². The molecule has 114 valence electrons. The second kappa shape index (κ2) is 8.52. The lowest BCUT2D eigenvalue weighted by molar-refractivity contribution is -0.153. The highest BCUT2D eigenvalue weighted by atomic mass is 16.5. The normalized spacial score (nSPS) is 18.2. The van der Waals surface area contributed by atoms with Gasteiger partial charge in [0.15, 0.2) is 0 Å². The van der Waals surface area contributed by atoms with Crippen LogP contribution < -0.4 is 0 Å². The van der Waals surface area contributed by atoms with Crippen molar-refractivity contribution < 1.29 is 28.6 Å². The summed E-state index contributed by atoms with van der Waals surface area (Å²) < 4.78 is 14.5. The Morgan fingerprint density at radius 1 is 1.10 bits per heavy atom. The van der Waals surface area contributed by atoms with E-state index in [1.807, 2.05) is 0 Å². The molecule has 0 aromatic rings. The monoisotopic (exact) mass is 287 g/mol. The van der Waals surface area contributed by atoms with Gasteiger partial charge in [-0.2, -0.15) is 0 Å². The van der Waals surface area contributed by atoms with Gasteiger partial charge in [-0.25, -0.2) is 0 Å². The van der Waals surface area contributed by atoms with Crippen LogP contribution in [0.2, 0.25) is 0 Å². The summed E-state index contributed by atoms with van der Waals surface area (Å²) in [5.41, 5.74) is 0. The highest BCUT2D eigenvalue weighted by Gasteiger charge is 2.25. The van der Waals surface area contributed by atoms with E-state index in [4.69, 9.17) is 4.74 Å². The van der Waals surface area contributed by atoms with Gasteiger partial charge in [-0.1, -0.05) is 0 Å². The first-order chi connectivity index (χ1) is 9.56. The molecule has 0 N–H and O–H groups in total. The summed E-state index contributed by atoms with van der Waals surface area (Å²) in [6.07, 6.45) is 2.85. The molecule has 1 rings (SSSR count). The molecule has 0 saturated carbocycles. The average Bonchev–Trinajstić information content (AvgIpc) is 2.47. The Morgan fingerprint density at radius 2 is 1.70 bits per heavy atom. The topological polar surface area (TPSA) is 82.1 Å². The van der Waals surface area contributed by atoms with Crippen LogP contribution in [0.25, 0.3) is 0 Å². The second-order valence-electron chi connectivity index (χ2n) is 4.59. The third-order valence-electron chi connectivity index (χ3n) is 3.12. The van der Waals surface area contributed by atoms with Gasteiger partial charge in [0.1, 0.15) is 13.1 Å². The molecule has 1 aliphatic heterocycles. The zero-order chi connectivity index (χ0) is 15.0. The number of hydrogen-bond acceptors (Lipinski definition) is 6. The van der Waals surface area contributed by atoms with Gasteiger partial charge in [0.25, 0.3) is 0 Å². The van der Waals surface area contributed by atoms with Gasteiger partial charge in [0.05, 0.1) is 26.7 Å². The molecular formula is C13H21NO6. The Bertz CT molecular complexity index is 333. The average molecular weight is 287 g/mol. The Labute approximate surface area is 118 Å². The second-order valence-corrected chi connectivity index (χ2v) is 4.59. The quantitative estimate of drug-likeness (QED) is 0.645. The third kappa shape index (κ3) is 5.56. The molecule has 0 spiro atoms.